The van der Waals surface area contributed by atoms with Crippen molar-refractivity contribution in [2.45, 2.75) is 58.4 Å². The van der Waals surface area contributed by atoms with E-state index in [1.165, 1.54) is 0 Å². The summed E-state index contributed by atoms with van der Waals surface area (Å²) in [5, 5.41) is 19.8. The van der Waals surface area contributed by atoms with Gasteiger partial charge in [-0.05, 0) is 56.9 Å². The maximum Gasteiger partial charge on any atom is 0.227 e. The predicted octanol–water partition coefficient (Wildman–Crippen LogP) is 3.46. The van der Waals surface area contributed by atoms with Gasteiger partial charge in [-0.15, -0.1) is 0 Å². The molecule has 4 heterocycles. The Morgan fingerprint density at radius 1 is 1.26 bits per heavy atom. The van der Waals surface area contributed by atoms with Crippen LogP contribution in [0.2, 0.25) is 0 Å². The van der Waals surface area contributed by atoms with Gasteiger partial charge in [0.25, 0.3) is 0 Å². The molecule has 11 nitrogen and oxygen atoms in total. The number of nitrogens with two attached hydrogens (primary N) is 1. The van der Waals surface area contributed by atoms with E-state index < -0.39 is 0 Å². The molecule has 5 rings (SSSR count). The Kier molecular flexibility index (Phi) is 7.87. The third-order valence-electron chi connectivity index (χ3n) is 6.95. The third-order valence-corrected chi connectivity index (χ3v) is 6.95. The van der Waals surface area contributed by atoms with Crippen molar-refractivity contribution in [1.29, 1.82) is 5.41 Å². The number of nitrogens with zero attached hydrogens (tertiary/aromatic N) is 6. The van der Waals surface area contributed by atoms with Crippen molar-refractivity contribution >= 4 is 17.6 Å². The lowest BCUT2D eigenvalue weighted by molar-refractivity contribution is -0.145. The van der Waals surface area contributed by atoms with Crippen LogP contribution in [0.3, 0.4) is 0 Å². The highest BCUT2D eigenvalue weighted by atomic mass is 16.5. The zero-order valence-electron chi connectivity index (χ0n) is 22.3. The number of anilines is 2. The van der Waals surface area contributed by atoms with Crippen LogP contribution in [0.5, 0.6) is 0 Å². The van der Waals surface area contributed by atoms with E-state index in [2.05, 4.69) is 45.5 Å². The minimum absolute atomic E-state index is 0.0307. The van der Waals surface area contributed by atoms with E-state index in [-0.39, 0.29) is 18.2 Å². The first-order valence-corrected chi connectivity index (χ1v) is 13.2. The van der Waals surface area contributed by atoms with Gasteiger partial charge in [0.15, 0.2) is 0 Å². The molecule has 3 aromatic rings. The molecule has 2 aliphatic heterocycles. The van der Waals surface area contributed by atoms with Crippen molar-refractivity contribution in [3.63, 3.8) is 0 Å². The highest BCUT2D eigenvalue weighted by Crippen LogP contribution is 2.26. The van der Waals surface area contributed by atoms with Crippen LogP contribution < -0.4 is 11.1 Å². The smallest absolute Gasteiger partial charge is 0.227 e. The number of rotatable bonds is 9. The monoisotopic (exact) mass is 519 g/mol. The fraction of sp³-hybridized carbons (Fsp3) is 0.481. The molecule has 0 bridgehead atoms. The van der Waals surface area contributed by atoms with Crippen molar-refractivity contribution in [1.82, 2.24) is 29.8 Å². The van der Waals surface area contributed by atoms with Crippen LogP contribution in [-0.4, -0.2) is 74.2 Å². The summed E-state index contributed by atoms with van der Waals surface area (Å²) in [7, 11) is 0. The highest BCUT2D eigenvalue weighted by Gasteiger charge is 2.33. The molecule has 2 saturated heterocycles. The van der Waals surface area contributed by atoms with Gasteiger partial charge in [0.1, 0.15) is 0 Å². The lowest BCUT2D eigenvalue weighted by atomic mass is 10.0. The van der Waals surface area contributed by atoms with Gasteiger partial charge in [0.05, 0.1) is 42.4 Å². The lowest BCUT2D eigenvalue weighted by Crippen LogP contribution is -2.62. The third kappa shape index (κ3) is 6.12. The Bertz CT molecular complexity index is 1250. The molecule has 0 unspecified atom stereocenters. The molecule has 0 amide bonds. The molecule has 2 aromatic heterocycles. The highest BCUT2D eigenvalue weighted by molar-refractivity contribution is 5.74. The van der Waals surface area contributed by atoms with E-state index in [1.807, 2.05) is 35.8 Å². The summed E-state index contributed by atoms with van der Waals surface area (Å²) in [6.07, 6.45) is 7.87. The fourth-order valence-corrected chi connectivity index (χ4v) is 4.88. The average molecular weight is 520 g/mol. The minimum atomic E-state index is 0.0307. The minimum Gasteiger partial charge on any atom is -0.381 e. The molecule has 2 aliphatic rings. The van der Waals surface area contributed by atoms with Gasteiger partial charge in [-0.3, -0.25) is 15.1 Å². The van der Waals surface area contributed by atoms with Gasteiger partial charge in [-0.1, -0.05) is 12.1 Å². The summed E-state index contributed by atoms with van der Waals surface area (Å²) in [5.74, 6) is 0.553. The van der Waals surface area contributed by atoms with Crippen molar-refractivity contribution in [2.24, 2.45) is 5.73 Å². The Hall–Kier alpha value is -3.54. The van der Waals surface area contributed by atoms with Crippen LogP contribution >= 0.6 is 0 Å². The van der Waals surface area contributed by atoms with Gasteiger partial charge < -0.3 is 20.5 Å². The number of ether oxygens (including phenoxy) is 2. The summed E-state index contributed by atoms with van der Waals surface area (Å²) in [4.78, 5) is 9.14. The average Bonchev–Trinajstić information content (AvgIpc) is 3.34. The molecule has 11 heteroatoms. The van der Waals surface area contributed by atoms with Crippen molar-refractivity contribution in [3.8, 4) is 11.3 Å². The number of aromatic nitrogens is 4. The zero-order valence-corrected chi connectivity index (χ0v) is 22.3. The molecule has 0 radical (unpaired) electrons. The van der Waals surface area contributed by atoms with Crippen LogP contribution in [-0.2, 0) is 16.0 Å². The largest absolute Gasteiger partial charge is 0.381 e. The molecule has 0 saturated carbocycles. The second-order valence-corrected chi connectivity index (χ2v) is 10.2. The van der Waals surface area contributed by atoms with E-state index in [4.69, 9.17) is 25.6 Å². The molecular formula is C27H37N9O2. The normalized spacial score (nSPS) is 16.9. The Morgan fingerprint density at radius 2 is 2.05 bits per heavy atom. The maximum atomic E-state index is 8.08. The van der Waals surface area contributed by atoms with Crippen molar-refractivity contribution < 1.29 is 9.47 Å². The maximum absolute atomic E-state index is 8.08. The van der Waals surface area contributed by atoms with E-state index in [0.29, 0.717) is 18.5 Å². The summed E-state index contributed by atoms with van der Waals surface area (Å²) in [6, 6.07) is 8.51. The summed E-state index contributed by atoms with van der Waals surface area (Å²) >= 11 is 0. The Morgan fingerprint density at radius 3 is 2.76 bits per heavy atom. The number of hydrogen-bond donors (Lipinski definition) is 3. The number of benzene rings is 1. The number of hydrazine groups is 1. The van der Waals surface area contributed by atoms with Crippen LogP contribution in [0.15, 0.2) is 42.9 Å². The Balaban J connectivity index is 1.24. The van der Waals surface area contributed by atoms with E-state index >= 15 is 0 Å². The van der Waals surface area contributed by atoms with Crippen molar-refractivity contribution in [2.75, 3.05) is 31.6 Å². The van der Waals surface area contributed by atoms with Crippen LogP contribution in [0, 0.1) is 12.3 Å². The number of hydrogen-bond acceptors (Lipinski definition) is 8. The molecule has 38 heavy (non-hydrogen) atoms. The standard InChI is InChI=1S/C27H37N9O2/c1-18(2)38-24-16-34(17-24)36(26(28)29)14-21-5-4-20(12-19(21)3)25-6-9-30-27(33-25)32-22-13-31-35(15-22)23-7-10-37-11-8-23/h4-6,9,12-13,15,18,23-24H,7-8,10-11,14,16-17H2,1-3H3,(H3,28,29)(H,30,32,33). The van der Waals surface area contributed by atoms with Gasteiger partial charge in [0.2, 0.25) is 11.9 Å². The zero-order chi connectivity index (χ0) is 26.6. The van der Waals surface area contributed by atoms with Gasteiger partial charge in [-0.2, -0.15) is 5.10 Å². The number of nitrogens with one attached hydrogen (secondary N) is 2. The molecule has 202 valence electrons. The van der Waals surface area contributed by atoms with E-state index in [9.17, 15) is 0 Å². The van der Waals surface area contributed by atoms with Crippen molar-refractivity contribution in [3.05, 3.63) is 54.0 Å². The summed E-state index contributed by atoms with van der Waals surface area (Å²) in [5.41, 5.74) is 10.8. The summed E-state index contributed by atoms with van der Waals surface area (Å²) < 4.78 is 13.3. The second-order valence-electron chi connectivity index (χ2n) is 10.2. The molecule has 0 spiro atoms. The second kappa shape index (κ2) is 11.5. The lowest BCUT2D eigenvalue weighted by Gasteiger charge is -2.46. The number of aryl methyl sites for hydroxylation is 1. The first-order chi connectivity index (χ1) is 18.4. The summed E-state index contributed by atoms with van der Waals surface area (Å²) in [6.45, 7) is 9.70. The molecule has 0 atom stereocenters. The first kappa shape index (κ1) is 26.1. The van der Waals surface area contributed by atoms with Gasteiger partial charge in [-0.25, -0.2) is 15.0 Å². The van der Waals surface area contributed by atoms with Gasteiger partial charge in [0, 0.05) is 44.3 Å². The van der Waals surface area contributed by atoms with Crippen LogP contribution in [0.25, 0.3) is 11.3 Å². The quantitative estimate of drug-likeness (QED) is 0.287. The van der Waals surface area contributed by atoms with Crippen LogP contribution in [0.1, 0.15) is 43.9 Å². The SMILES string of the molecule is Cc1cc(-c2ccnc(Nc3cnn(C4CCOCC4)c3)n2)ccc1CN(C(=N)N)N1CC(OC(C)C)C1. The molecule has 0 aliphatic carbocycles. The molecule has 4 N–H and O–H groups in total. The fourth-order valence-electron chi connectivity index (χ4n) is 4.88. The molecular weight excluding hydrogens is 482 g/mol. The van der Waals surface area contributed by atoms with Crippen LogP contribution in [0.4, 0.5) is 11.6 Å². The van der Waals surface area contributed by atoms with E-state index in [0.717, 1.165) is 67.2 Å². The molecule has 2 fully saturated rings. The van der Waals surface area contributed by atoms with Gasteiger partial charge >= 0.3 is 0 Å². The predicted molar refractivity (Wildman–Crippen MR) is 146 cm³/mol. The molecule has 1 aromatic carbocycles. The first-order valence-electron chi connectivity index (χ1n) is 13.2. The number of guanidine groups is 1. The van der Waals surface area contributed by atoms with E-state index in [1.54, 1.807) is 12.4 Å². The topological polar surface area (TPSA) is 130 Å². The Labute approximate surface area is 223 Å².